The van der Waals surface area contributed by atoms with Crippen molar-refractivity contribution in [1.29, 1.82) is 0 Å². The second-order valence-corrected chi connectivity index (χ2v) is 4.98. The van der Waals surface area contributed by atoms with Gasteiger partial charge in [-0.1, -0.05) is 12.1 Å². The van der Waals surface area contributed by atoms with Gasteiger partial charge in [0.15, 0.2) is 0 Å². The number of ether oxygens (including phenoxy) is 1. The molecular weight excluding hydrogens is 228 g/mol. The molecule has 4 heteroatoms. The van der Waals surface area contributed by atoms with Crippen molar-refractivity contribution < 1.29 is 9.53 Å². The largest absolute Gasteiger partial charge is 0.443 e. The fourth-order valence-electron chi connectivity index (χ4n) is 2.22. The Bertz CT molecular complexity index is 471. The van der Waals surface area contributed by atoms with Crippen LogP contribution in [-0.4, -0.2) is 30.2 Å². The first kappa shape index (κ1) is 12.9. The Kier molecular flexibility index (Phi) is 3.57. The second kappa shape index (κ2) is 4.98. The average molecular weight is 248 g/mol. The number of amides is 1. The number of aryl methyl sites for hydroxylation is 3. The van der Waals surface area contributed by atoms with Gasteiger partial charge >= 0.3 is 6.09 Å². The Labute approximate surface area is 108 Å². The van der Waals surface area contributed by atoms with E-state index in [9.17, 15) is 4.79 Å². The summed E-state index contributed by atoms with van der Waals surface area (Å²) in [4.78, 5) is 13.4. The van der Waals surface area contributed by atoms with Crippen LogP contribution in [0.5, 0.6) is 0 Å². The number of rotatable bonds is 3. The summed E-state index contributed by atoms with van der Waals surface area (Å²) in [7, 11) is 0. The SMILES string of the molecule is Cc1cc(C)c(CN2CC(CN)OC2=O)cc1C. The van der Waals surface area contributed by atoms with Crippen LogP contribution in [0, 0.1) is 20.8 Å². The lowest BCUT2D eigenvalue weighted by molar-refractivity contribution is 0.134. The molecule has 1 saturated heterocycles. The number of cyclic esters (lactones) is 1. The molecule has 2 rings (SSSR count). The first-order valence-electron chi connectivity index (χ1n) is 6.23. The number of hydrogen-bond acceptors (Lipinski definition) is 3. The monoisotopic (exact) mass is 248 g/mol. The van der Waals surface area contributed by atoms with E-state index in [2.05, 4.69) is 32.9 Å². The first-order valence-corrected chi connectivity index (χ1v) is 6.23. The summed E-state index contributed by atoms with van der Waals surface area (Å²) in [5, 5.41) is 0. The summed E-state index contributed by atoms with van der Waals surface area (Å²) in [5.74, 6) is 0. The van der Waals surface area contributed by atoms with Crippen molar-refractivity contribution in [2.45, 2.75) is 33.4 Å². The Morgan fingerprint density at radius 3 is 2.56 bits per heavy atom. The highest BCUT2D eigenvalue weighted by Gasteiger charge is 2.30. The molecule has 1 aromatic rings. The van der Waals surface area contributed by atoms with Crippen molar-refractivity contribution in [2.75, 3.05) is 13.1 Å². The topological polar surface area (TPSA) is 55.6 Å². The quantitative estimate of drug-likeness (QED) is 0.888. The van der Waals surface area contributed by atoms with Crippen molar-refractivity contribution in [2.24, 2.45) is 5.73 Å². The van der Waals surface area contributed by atoms with Gasteiger partial charge in [-0.15, -0.1) is 0 Å². The third-order valence-corrected chi connectivity index (χ3v) is 3.53. The molecule has 1 aliphatic rings. The van der Waals surface area contributed by atoms with E-state index in [1.54, 1.807) is 4.90 Å². The Hall–Kier alpha value is -1.55. The molecule has 1 atom stereocenters. The van der Waals surface area contributed by atoms with Gasteiger partial charge in [-0.2, -0.15) is 0 Å². The molecule has 1 heterocycles. The lowest BCUT2D eigenvalue weighted by Crippen LogP contribution is -2.27. The summed E-state index contributed by atoms with van der Waals surface area (Å²) in [5.41, 5.74) is 10.4. The number of carbonyl (C=O) groups is 1. The van der Waals surface area contributed by atoms with Gasteiger partial charge in [-0.05, 0) is 43.0 Å². The van der Waals surface area contributed by atoms with E-state index in [0.29, 0.717) is 19.6 Å². The minimum absolute atomic E-state index is 0.163. The maximum absolute atomic E-state index is 11.7. The van der Waals surface area contributed by atoms with Crippen LogP contribution in [0.1, 0.15) is 22.3 Å². The summed E-state index contributed by atoms with van der Waals surface area (Å²) in [6.07, 6.45) is -0.424. The van der Waals surface area contributed by atoms with Crippen LogP contribution in [0.25, 0.3) is 0 Å². The van der Waals surface area contributed by atoms with E-state index in [1.807, 2.05) is 0 Å². The highest BCUT2D eigenvalue weighted by atomic mass is 16.6. The molecule has 1 unspecified atom stereocenters. The molecule has 2 N–H and O–H groups in total. The third-order valence-electron chi connectivity index (χ3n) is 3.53. The molecule has 1 aromatic carbocycles. The van der Waals surface area contributed by atoms with Crippen LogP contribution >= 0.6 is 0 Å². The van der Waals surface area contributed by atoms with E-state index < -0.39 is 0 Å². The summed E-state index contributed by atoms with van der Waals surface area (Å²) < 4.78 is 5.15. The Morgan fingerprint density at radius 2 is 1.94 bits per heavy atom. The molecule has 0 saturated carbocycles. The van der Waals surface area contributed by atoms with Crippen molar-refractivity contribution in [1.82, 2.24) is 4.90 Å². The maximum atomic E-state index is 11.7. The minimum atomic E-state index is -0.261. The number of hydrogen-bond donors (Lipinski definition) is 1. The summed E-state index contributed by atoms with van der Waals surface area (Å²) in [6, 6.07) is 4.31. The molecule has 18 heavy (non-hydrogen) atoms. The molecule has 0 aliphatic carbocycles. The highest BCUT2D eigenvalue weighted by Crippen LogP contribution is 2.20. The predicted octanol–water partition coefficient (Wildman–Crippen LogP) is 1.89. The van der Waals surface area contributed by atoms with Crippen molar-refractivity contribution in [3.05, 3.63) is 34.4 Å². The summed E-state index contributed by atoms with van der Waals surface area (Å²) in [6.45, 7) is 7.83. The number of benzene rings is 1. The highest BCUT2D eigenvalue weighted by molar-refractivity contribution is 5.70. The first-order chi connectivity index (χ1) is 8.51. The number of nitrogens with two attached hydrogens (primary N) is 1. The van der Waals surface area contributed by atoms with Gasteiger partial charge in [0.1, 0.15) is 6.10 Å². The fourth-order valence-corrected chi connectivity index (χ4v) is 2.22. The van der Waals surface area contributed by atoms with E-state index in [1.165, 1.54) is 22.3 Å². The number of nitrogens with zero attached hydrogens (tertiary/aromatic N) is 1. The second-order valence-electron chi connectivity index (χ2n) is 4.98. The molecule has 1 aliphatic heterocycles. The van der Waals surface area contributed by atoms with Crippen LogP contribution in [0.15, 0.2) is 12.1 Å². The van der Waals surface area contributed by atoms with Gasteiger partial charge in [0.05, 0.1) is 6.54 Å². The molecule has 0 aromatic heterocycles. The molecule has 0 radical (unpaired) electrons. The smallest absolute Gasteiger partial charge is 0.410 e. The van der Waals surface area contributed by atoms with Gasteiger partial charge < -0.3 is 15.4 Å². The molecule has 4 nitrogen and oxygen atoms in total. The average Bonchev–Trinajstić information content (AvgIpc) is 2.67. The predicted molar refractivity (Wildman–Crippen MR) is 70.4 cm³/mol. The van der Waals surface area contributed by atoms with Crippen LogP contribution in [-0.2, 0) is 11.3 Å². The Balaban J connectivity index is 2.15. The molecule has 98 valence electrons. The van der Waals surface area contributed by atoms with Gasteiger partial charge in [-0.25, -0.2) is 4.79 Å². The van der Waals surface area contributed by atoms with Crippen LogP contribution in [0.4, 0.5) is 4.79 Å². The number of carbonyl (C=O) groups excluding carboxylic acids is 1. The lowest BCUT2D eigenvalue weighted by atomic mass is 10.0. The van der Waals surface area contributed by atoms with Crippen molar-refractivity contribution in [3.63, 3.8) is 0 Å². The van der Waals surface area contributed by atoms with Crippen LogP contribution in [0.2, 0.25) is 0 Å². The van der Waals surface area contributed by atoms with E-state index in [4.69, 9.17) is 10.5 Å². The van der Waals surface area contributed by atoms with Crippen LogP contribution in [0.3, 0.4) is 0 Å². The van der Waals surface area contributed by atoms with E-state index >= 15 is 0 Å². The molecule has 0 spiro atoms. The van der Waals surface area contributed by atoms with Crippen molar-refractivity contribution >= 4 is 6.09 Å². The standard InChI is InChI=1S/C14H20N2O2/c1-9-4-11(3)12(5-10(9)2)7-16-8-13(6-15)18-14(16)17/h4-5,13H,6-8,15H2,1-3H3. The van der Waals surface area contributed by atoms with Gasteiger partial charge in [0, 0.05) is 13.1 Å². The lowest BCUT2D eigenvalue weighted by Gasteiger charge is -2.16. The molecule has 0 bridgehead atoms. The van der Waals surface area contributed by atoms with E-state index in [-0.39, 0.29) is 12.2 Å². The zero-order valence-electron chi connectivity index (χ0n) is 11.2. The molecular formula is C14H20N2O2. The molecule has 1 amide bonds. The van der Waals surface area contributed by atoms with Gasteiger partial charge in [0.25, 0.3) is 0 Å². The van der Waals surface area contributed by atoms with Crippen LogP contribution < -0.4 is 5.73 Å². The minimum Gasteiger partial charge on any atom is -0.443 e. The maximum Gasteiger partial charge on any atom is 0.410 e. The normalized spacial score (nSPS) is 19.2. The molecule has 1 fully saturated rings. The zero-order valence-corrected chi connectivity index (χ0v) is 11.2. The Morgan fingerprint density at radius 1 is 1.28 bits per heavy atom. The van der Waals surface area contributed by atoms with Gasteiger partial charge in [-0.3, -0.25) is 0 Å². The fraction of sp³-hybridized carbons (Fsp3) is 0.500. The summed E-state index contributed by atoms with van der Waals surface area (Å²) >= 11 is 0. The van der Waals surface area contributed by atoms with Crippen molar-refractivity contribution in [3.8, 4) is 0 Å². The van der Waals surface area contributed by atoms with E-state index in [0.717, 1.165) is 0 Å². The van der Waals surface area contributed by atoms with Gasteiger partial charge in [0.2, 0.25) is 0 Å². The zero-order chi connectivity index (χ0) is 13.3. The third kappa shape index (κ3) is 2.48.